The average Bonchev–Trinajstić information content (AvgIpc) is 2.09. The second kappa shape index (κ2) is 4.20. The second-order valence-electron chi connectivity index (χ2n) is 2.72. The van der Waals surface area contributed by atoms with Gasteiger partial charge >= 0.3 is 0 Å². The quantitative estimate of drug-likeness (QED) is 0.794. The molecule has 0 radical (unpaired) electrons. The van der Waals surface area contributed by atoms with E-state index in [4.69, 9.17) is 5.26 Å². The predicted octanol–water partition coefficient (Wildman–Crippen LogP) is 2.65. The van der Waals surface area contributed by atoms with Crippen LogP contribution in [0.3, 0.4) is 0 Å². The van der Waals surface area contributed by atoms with Crippen molar-refractivity contribution in [3.63, 3.8) is 0 Å². The maximum absolute atomic E-state index is 11.0. The van der Waals surface area contributed by atoms with Crippen LogP contribution < -0.4 is 0 Å². The molecule has 1 unspecified atom stereocenters. The van der Waals surface area contributed by atoms with Crippen molar-refractivity contribution in [1.82, 2.24) is 0 Å². The SMILES string of the molecule is CC(=O)C(C#N)c1ccc(Br)cc1. The Labute approximate surface area is 85.3 Å². The molecule has 0 aliphatic heterocycles. The van der Waals surface area contributed by atoms with Gasteiger partial charge in [-0.15, -0.1) is 0 Å². The number of carbonyl (C=O) groups is 1. The van der Waals surface area contributed by atoms with E-state index >= 15 is 0 Å². The summed E-state index contributed by atoms with van der Waals surface area (Å²) in [5.74, 6) is -0.752. The van der Waals surface area contributed by atoms with Crippen LogP contribution in [0.1, 0.15) is 18.4 Å². The molecule has 3 heteroatoms. The molecule has 0 aromatic heterocycles. The van der Waals surface area contributed by atoms with E-state index in [2.05, 4.69) is 15.9 Å². The molecule has 2 nitrogen and oxygen atoms in total. The number of nitrogens with zero attached hydrogens (tertiary/aromatic N) is 1. The molecule has 0 saturated carbocycles. The number of ketones is 1. The predicted molar refractivity (Wildman–Crippen MR) is 53.2 cm³/mol. The van der Waals surface area contributed by atoms with Gasteiger partial charge in [0.1, 0.15) is 5.92 Å². The summed E-state index contributed by atoms with van der Waals surface area (Å²) in [7, 11) is 0. The molecule has 1 aromatic carbocycles. The number of Topliss-reactive ketones (excluding diaryl/α,β-unsaturated/α-hetero) is 1. The van der Waals surface area contributed by atoms with Gasteiger partial charge in [-0.25, -0.2) is 0 Å². The highest BCUT2D eigenvalue weighted by molar-refractivity contribution is 9.10. The highest BCUT2D eigenvalue weighted by atomic mass is 79.9. The Balaban J connectivity index is 3.01. The molecule has 0 heterocycles. The molecule has 0 aliphatic rings. The lowest BCUT2D eigenvalue weighted by Crippen LogP contribution is -2.05. The molecule has 66 valence electrons. The second-order valence-corrected chi connectivity index (χ2v) is 3.64. The summed E-state index contributed by atoms with van der Waals surface area (Å²) >= 11 is 3.29. The van der Waals surface area contributed by atoms with Crippen LogP contribution in [0.5, 0.6) is 0 Å². The van der Waals surface area contributed by atoms with Crippen molar-refractivity contribution in [1.29, 1.82) is 5.26 Å². The molecule has 0 bridgehead atoms. The number of nitriles is 1. The minimum absolute atomic E-state index is 0.121. The van der Waals surface area contributed by atoms with Crippen LogP contribution in [0.25, 0.3) is 0 Å². The summed E-state index contributed by atoms with van der Waals surface area (Å²) in [6.45, 7) is 1.43. The Hall–Kier alpha value is -1.14. The molecule has 0 amide bonds. The van der Waals surface area contributed by atoms with Crippen LogP contribution in [0.4, 0.5) is 0 Å². The molecule has 1 atom stereocenters. The first-order chi connectivity index (χ1) is 6.15. The Morgan fingerprint density at radius 2 is 2.00 bits per heavy atom. The molecule has 0 spiro atoms. The van der Waals surface area contributed by atoms with E-state index in [0.717, 1.165) is 10.0 Å². The zero-order valence-electron chi connectivity index (χ0n) is 7.12. The maximum Gasteiger partial charge on any atom is 0.151 e. The van der Waals surface area contributed by atoms with Gasteiger partial charge in [-0.3, -0.25) is 4.79 Å². The Morgan fingerprint density at radius 3 is 2.38 bits per heavy atom. The average molecular weight is 238 g/mol. The molecular weight excluding hydrogens is 230 g/mol. The van der Waals surface area contributed by atoms with Crippen LogP contribution in [-0.4, -0.2) is 5.78 Å². The topological polar surface area (TPSA) is 40.9 Å². The minimum atomic E-state index is -0.631. The van der Waals surface area contributed by atoms with Crippen LogP contribution >= 0.6 is 15.9 Å². The molecule has 13 heavy (non-hydrogen) atoms. The van der Waals surface area contributed by atoms with Crippen molar-refractivity contribution in [2.24, 2.45) is 0 Å². The van der Waals surface area contributed by atoms with Crippen molar-refractivity contribution in [2.45, 2.75) is 12.8 Å². The molecule has 1 rings (SSSR count). The zero-order valence-corrected chi connectivity index (χ0v) is 8.71. The lowest BCUT2D eigenvalue weighted by atomic mass is 9.97. The summed E-state index contributed by atoms with van der Waals surface area (Å²) in [6, 6.07) is 9.17. The van der Waals surface area contributed by atoms with E-state index in [-0.39, 0.29) is 5.78 Å². The smallest absolute Gasteiger partial charge is 0.151 e. The van der Waals surface area contributed by atoms with Crippen LogP contribution in [0.2, 0.25) is 0 Å². The van der Waals surface area contributed by atoms with Gasteiger partial charge in [-0.2, -0.15) is 5.26 Å². The lowest BCUT2D eigenvalue weighted by molar-refractivity contribution is -0.117. The fraction of sp³-hybridized carbons (Fsp3) is 0.200. The fourth-order valence-corrected chi connectivity index (χ4v) is 1.32. The van der Waals surface area contributed by atoms with Crippen molar-refractivity contribution in [3.8, 4) is 6.07 Å². The highest BCUT2D eigenvalue weighted by Gasteiger charge is 2.14. The summed E-state index contributed by atoms with van der Waals surface area (Å²) < 4.78 is 0.941. The Kier molecular flexibility index (Phi) is 3.21. The van der Waals surface area contributed by atoms with E-state index in [0.29, 0.717) is 0 Å². The van der Waals surface area contributed by atoms with Crippen LogP contribution in [0.15, 0.2) is 28.7 Å². The summed E-state index contributed by atoms with van der Waals surface area (Å²) in [4.78, 5) is 11.0. The minimum Gasteiger partial charge on any atom is -0.298 e. The third-order valence-corrected chi connectivity index (χ3v) is 2.27. The highest BCUT2D eigenvalue weighted by Crippen LogP contribution is 2.18. The van der Waals surface area contributed by atoms with Crippen molar-refractivity contribution < 1.29 is 4.79 Å². The number of hydrogen-bond acceptors (Lipinski definition) is 2. The van der Waals surface area contributed by atoms with Gasteiger partial charge in [0.15, 0.2) is 5.78 Å². The van der Waals surface area contributed by atoms with Gasteiger partial charge < -0.3 is 0 Å². The van der Waals surface area contributed by atoms with E-state index in [9.17, 15) is 4.79 Å². The number of hydrogen-bond donors (Lipinski definition) is 0. The molecule has 0 saturated heterocycles. The third kappa shape index (κ3) is 2.40. The number of carbonyl (C=O) groups excluding carboxylic acids is 1. The zero-order chi connectivity index (χ0) is 9.84. The Morgan fingerprint density at radius 1 is 1.46 bits per heavy atom. The van der Waals surface area contributed by atoms with Gasteiger partial charge in [0.05, 0.1) is 6.07 Å². The largest absolute Gasteiger partial charge is 0.298 e. The van der Waals surface area contributed by atoms with Crippen LogP contribution in [-0.2, 0) is 4.79 Å². The molecule has 0 fully saturated rings. The monoisotopic (exact) mass is 237 g/mol. The van der Waals surface area contributed by atoms with Crippen molar-refractivity contribution in [3.05, 3.63) is 34.3 Å². The first kappa shape index (κ1) is 9.94. The van der Waals surface area contributed by atoms with Gasteiger partial charge in [-0.05, 0) is 24.6 Å². The summed E-state index contributed by atoms with van der Waals surface area (Å²) in [5, 5.41) is 8.74. The number of benzene rings is 1. The van der Waals surface area contributed by atoms with Crippen molar-refractivity contribution in [2.75, 3.05) is 0 Å². The maximum atomic E-state index is 11.0. The van der Waals surface area contributed by atoms with Crippen LogP contribution in [0, 0.1) is 11.3 Å². The number of halogens is 1. The first-order valence-corrected chi connectivity index (χ1v) is 4.60. The van der Waals surface area contributed by atoms with E-state index in [1.807, 2.05) is 18.2 Å². The normalized spacial score (nSPS) is 11.8. The first-order valence-electron chi connectivity index (χ1n) is 3.80. The number of rotatable bonds is 2. The van der Waals surface area contributed by atoms with Gasteiger partial charge in [0.25, 0.3) is 0 Å². The lowest BCUT2D eigenvalue weighted by Gasteiger charge is -2.04. The third-order valence-electron chi connectivity index (χ3n) is 1.74. The van der Waals surface area contributed by atoms with Crippen molar-refractivity contribution >= 4 is 21.7 Å². The summed E-state index contributed by atoms with van der Waals surface area (Å²) in [6.07, 6.45) is 0. The summed E-state index contributed by atoms with van der Waals surface area (Å²) in [5.41, 5.74) is 0.748. The molecule has 0 aliphatic carbocycles. The molecule has 1 aromatic rings. The van der Waals surface area contributed by atoms with E-state index in [1.54, 1.807) is 12.1 Å². The van der Waals surface area contributed by atoms with E-state index < -0.39 is 5.92 Å². The van der Waals surface area contributed by atoms with E-state index in [1.165, 1.54) is 6.92 Å². The Bertz CT molecular complexity index is 350. The van der Waals surface area contributed by atoms with Gasteiger partial charge in [-0.1, -0.05) is 28.1 Å². The fourth-order valence-electron chi connectivity index (χ4n) is 1.06. The van der Waals surface area contributed by atoms with Gasteiger partial charge in [0, 0.05) is 4.47 Å². The molecular formula is C10H8BrNO. The van der Waals surface area contributed by atoms with Gasteiger partial charge in [0.2, 0.25) is 0 Å². The molecule has 0 N–H and O–H groups in total. The standard InChI is InChI=1S/C10H8BrNO/c1-7(13)10(6-12)8-2-4-9(11)5-3-8/h2-5,10H,1H3.